The van der Waals surface area contributed by atoms with E-state index in [1.165, 1.54) is 21.9 Å². The third-order valence-electron chi connectivity index (χ3n) is 2.76. The van der Waals surface area contributed by atoms with Gasteiger partial charge in [0.05, 0.1) is 7.11 Å². The second-order valence-electron chi connectivity index (χ2n) is 3.57. The Morgan fingerprint density at radius 2 is 1.79 bits per heavy atom. The summed E-state index contributed by atoms with van der Waals surface area (Å²) in [6.45, 7) is 4.27. The predicted molar refractivity (Wildman–Crippen MR) is 60.0 cm³/mol. The Morgan fingerprint density at radius 3 is 2.50 bits per heavy atom. The van der Waals surface area contributed by atoms with E-state index < -0.39 is 0 Å². The van der Waals surface area contributed by atoms with Crippen LogP contribution in [0.1, 0.15) is 11.1 Å². The fourth-order valence-electron chi connectivity index (χ4n) is 1.80. The summed E-state index contributed by atoms with van der Waals surface area (Å²) in [7, 11) is 1.72. The van der Waals surface area contributed by atoms with Gasteiger partial charge in [0.1, 0.15) is 5.75 Å². The fraction of sp³-hybridized carbons (Fsp3) is 0.231. The molecule has 0 spiro atoms. The van der Waals surface area contributed by atoms with Gasteiger partial charge in [-0.2, -0.15) is 0 Å². The second kappa shape index (κ2) is 3.33. The van der Waals surface area contributed by atoms with Crippen molar-refractivity contribution in [1.82, 2.24) is 0 Å². The molecule has 2 rings (SSSR count). The highest BCUT2D eigenvalue weighted by Crippen LogP contribution is 2.29. The molecule has 0 atom stereocenters. The molecule has 0 heterocycles. The van der Waals surface area contributed by atoms with Crippen molar-refractivity contribution in [2.75, 3.05) is 7.11 Å². The molecule has 0 saturated heterocycles. The molecule has 0 N–H and O–H groups in total. The van der Waals surface area contributed by atoms with Crippen molar-refractivity contribution in [3.8, 4) is 5.75 Å². The molecule has 2 aromatic carbocycles. The quantitative estimate of drug-likeness (QED) is 0.662. The summed E-state index contributed by atoms with van der Waals surface area (Å²) in [5.74, 6) is 0.962. The minimum Gasteiger partial charge on any atom is -0.496 e. The van der Waals surface area contributed by atoms with Gasteiger partial charge in [-0.05, 0) is 36.4 Å². The van der Waals surface area contributed by atoms with Crippen molar-refractivity contribution in [3.63, 3.8) is 0 Å². The largest absolute Gasteiger partial charge is 0.496 e. The van der Waals surface area contributed by atoms with Crippen molar-refractivity contribution >= 4 is 10.8 Å². The first kappa shape index (κ1) is 9.07. The summed E-state index contributed by atoms with van der Waals surface area (Å²) >= 11 is 0. The van der Waals surface area contributed by atoms with E-state index in [0.29, 0.717) is 0 Å². The van der Waals surface area contributed by atoms with Crippen molar-refractivity contribution in [2.24, 2.45) is 0 Å². The Balaban J connectivity index is 2.89. The highest BCUT2D eigenvalue weighted by atomic mass is 16.5. The molecule has 14 heavy (non-hydrogen) atoms. The van der Waals surface area contributed by atoms with E-state index >= 15 is 0 Å². The van der Waals surface area contributed by atoms with Crippen LogP contribution in [0.2, 0.25) is 0 Å². The van der Waals surface area contributed by atoms with Crippen LogP contribution in [0, 0.1) is 13.8 Å². The Kier molecular flexibility index (Phi) is 2.16. The molecule has 0 amide bonds. The first-order valence-corrected chi connectivity index (χ1v) is 4.77. The molecule has 0 unspecified atom stereocenters. The first-order chi connectivity index (χ1) is 6.74. The summed E-state index contributed by atoms with van der Waals surface area (Å²) < 4.78 is 5.36. The zero-order valence-corrected chi connectivity index (χ0v) is 8.79. The Bertz CT molecular complexity index is 472. The summed E-state index contributed by atoms with van der Waals surface area (Å²) in [5.41, 5.74) is 2.61. The normalized spacial score (nSPS) is 10.5. The molecule has 0 aromatic heterocycles. The Labute approximate surface area is 84.3 Å². The number of fused-ring (bicyclic) bond motifs is 1. The highest BCUT2D eigenvalue weighted by Gasteiger charge is 2.05. The smallest absolute Gasteiger partial charge is 0.126 e. The molecule has 2 aromatic rings. The lowest BCUT2D eigenvalue weighted by atomic mass is 10.0. The summed E-state index contributed by atoms with van der Waals surface area (Å²) in [6.07, 6.45) is 0. The Morgan fingerprint density at radius 1 is 1.00 bits per heavy atom. The van der Waals surface area contributed by atoms with E-state index in [1.54, 1.807) is 7.11 Å². The van der Waals surface area contributed by atoms with Crippen LogP contribution in [-0.4, -0.2) is 7.11 Å². The fourth-order valence-corrected chi connectivity index (χ4v) is 1.80. The molecule has 72 valence electrons. The predicted octanol–water partition coefficient (Wildman–Crippen LogP) is 3.47. The second-order valence-corrected chi connectivity index (χ2v) is 3.57. The van der Waals surface area contributed by atoms with Crippen molar-refractivity contribution in [3.05, 3.63) is 41.5 Å². The van der Waals surface area contributed by atoms with Crippen molar-refractivity contribution < 1.29 is 4.74 Å². The van der Waals surface area contributed by atoms with Crippen LogP contribution in [0.3, 0.4) is 0 Å². The van der Waals surface area contributed by atoms with E-state index in [4.69, 9.17) is 4.74 Å². The molecule has 0 saturated carbocycles. The van der Waals surface area contributed by atoms with Crippen LogP contribution in [0.4, 0.5) is 0 Å². The average molecular weight is 186 g/mol. The van der Waals surface area contributed by atoms with Gasteiger partial charge in [-0.15, -0.1) is 0 Å². The minimum atomic E-state index is 0.962. The number of aryl methyl sites for hydroxylation is 2. The van der Waals surface area contributed by atoms with Crippen LogP contribution in [0.5, 0.6) is 5.75 Å². The first-order valence-electron chi connectivity index (χ1n) is 4.77. The molecular weight excluding hydrogens is 172 g/mol. The number of benzene rings is 2. The van der Waals surface area contributed by atoms with Crippen LogP contribution in [0.15, 0.2) is 30.3 Å². The topological polar surface area (TPSA) is 9.23 Å². The van der Waals surface area contributed by atoms with Gasteiger partial charge < -0.3 is 4.74 Å². The standard InChI is InChI=1S/C13H14O/c1-9-7-8-11-5-4-6-12(14-3)13(11)10(9)2/h4-8H,1-3H3. The SMILES string of the molecule is COc1cccc2ccc(C)c(C)c12. The van der Waals surface area contributed by atoms with Crippen LogP contribution in [-0.2, 0) is 0 Å². The van der Waals surface area contributed by atoms with Gasteiger partial charge in [0.25, 0.3) is 0 Å². The molecule has 0 aliphatic carbocycles. The third-order valence-corrected chi connectivity index (χ3v) is 2.76. The van der Waals surface area contributed by atoms with E-state index in [0.717, 1.165) is 5.75 Å². The summed E-state index contributed by atoms with van der Waals surface area (Å²) in [6, 6.07) is 10.4. The van der Waals surface area contributed by atoms with Gasteiger partial charge in [0.15, 0.2) is 0 Å². The molecule has 1 nitrogen and oxygen atoms in total. The summed E-state index contributed by atoms with van der Waals surface area (Å²) in [5, 5.41) is 2.47. The maximum atomic E-state index is 5.36. The van der Waals surface area contributed by atoms with Gasteiger partial charge >= 0.3 is 0 Å². The lowest BCUT2D eigenvalue weighted by molar-refractivity contribution is 0.419. The number of methoxy groups -OCH3 is 1. The monoisotopic (exact) mass is 186 g/mol. The lowest BCUT2D eigenvalue weighted by Gasteiger charge is -2.09. The number of ether oxygens (including phenoxy) is 1. The van der Waals surface area contributed by atoms with Crippen molar-refractivity contribution in [2.45, 2.75) is 13.8 Å². The van der Waals surface area contributed by atoms with Gasteiger partial charge in [-0.3, -0.25) is 0 Å². The van der Waals surface area contributed by atoms with Gasteiger partial charge in [-0.25, -0.2) is 0 Å². The number of hydrogen-bond donors (Lipinski definition) is 0. The molecule has 0 bridgehead atoms. The molecular formula is C13H14O. The van der Waals surface area contributed by atoms with Crippen LogP contribution < -0.4 is 4.74 Å². The highest BCUT2D eigenvalue weighted by molar-refractivity contribution is 5.92. The van der Waals surface area contributed by atoms with Gasteiger partial charge in [0, 0.05) is 5.39 Å². The molecule has 0 aliphatic heterocycles. The van der Waals surface area contributed by atoms with Gasteiger partial charge in [0.2, 0.25) is 0 Å². The van der Waals surface area contributed by atoms with Gasteiger partial charge in [-0.1, -0.05) is 24.3 Å². The van der Waals surface area contributed by atoms with Crippen LogP contribution >= 0.6 is 0 Å². The van der Waals surface area contributed by atoms with Crippen LogP contribution in [0.25, 0.3) is 10.8 Å². The zero-order valence-electron chi connectivity index (χ0n) is 8.79. The molecule has 0 radical (unpaired) electrons. The van der Waals surface area contributed by atoms with E-state index in [2.05, 4.69) is 32.0 Å². The molecule has 0 aliphatic rings. The van der Waals surface area contributed by atoms with E-state index in [-0.39, 0.29) is 0 Å². The molecule has 0 fully saturated rings. The lowest BCUT2D eigenvalue weighted by Crippen LogP contribution is -1.89. The molecule has 1 heteroatoms. The Hall–Kier alpha value is -1.50. The number of rotatable bonds is 1. The van der Waals surface area contributed by atoms with Crippen molar-refractivity contribution in [1.29, 1.82) is 0 Å². The number of hydrogen-bond acceptors (Lipinski definition) is 1. The third kappa shape index (κ3) is 1.25. The maximum Gasteiger partial charge on any atom is 0.126 e. The summed E-state index contributed by atoms with van der Waals surface area (Å²) in [4.78, 5) is 0. The van der Waals surface area contributed by atoms with E-state index in [1.807, 2.05) is 12.1 Å². The zero-order chi connectivity index (χ0) is 10.1. The average Bonchev–Trinajstić information content (AvgIpc) is 2.23. The maximum absolute atomic E-state index is 5.36. The minimum absolute atomic E-state index is 0.962. The van der Waals surface area contributed by atoms with E-state index in [9.17, 15) is 0 Å².